The zero-order valence-electron chi connectivity index (χ0n) is 25.6. The van der Waals surface area contributed by atoms with E-state index in [4.69, 9.17) is 4.98 Å². The number of fused-ring (bicyclic) bond motifs is 3. The van der Waals surface area contributed by atoms with Gasteiger partial charge in [0.25, 0.3) is 0 Å². The molecule has 1 aromatic carbocycles. The van der Waals surface area contributed by atoms with Crippen LogP contribution in [0.25, 0.3) is 0 Å². The molecule has 0 saturated carbocycles. The summed E-state index contributed by atoms with van der Waals surface area (Å²) in [6.07, 6.45) is -3.38. The lowest BCUT2D eigenvalue weighted by Gasteiger charge is -2.39. The first kappa shape index (κ1) is 30.4. The Labute approximate surface area is 258 Å². The molecule has 5 heterocycles. The molecule has 1 fully saturated rings. The Morgan fingerprint density at radius 2 is 1.87 bits per heavy atom. The number of rotatable bonds is 4. The van der Waals surface area contributed by atoms with Crippen LogP contribution in [0, 0.1) is 26.7 Å². The number of hydrogen-bond donors (Lipinski definition) is 0. The van der Waals surface area contributed by atoms with E-state index in [1.54, 1.807) is 11.9 Å². The molecule has 3 amide bonds. The van der Waals surface area contributed by atoms with E-state index in [-0.39, 0.29) is 30.4 Å². The van der Waals surface area contributed by atoms with Crippen molar-refractivity contribution in [3.8, 4) is 0 Å². The fourth-order valence-corrected chi connectivity index (χ4v) is 6.83. The van der Waals surface area contributed by atoms with Gasteiger partial charge in [0, 0.05) is 50.4 Å². The molecule has 0 aliphatic carbocycles. The highest BCUT2D eigenvalue weighted by Crippen LogP contribution is 2.42. The summed E-state index contributed by atoms with van der Waals surface area (Å²) in [5.41, 5.74) is 3.29. The first-order valence-corrected chi connectivity index (χ1v) is 14.7. The maximum atomic E-state index is 14.1. The molecule has 0 spiro atoms. The lowest BCUT2D eigenvalue weighted by molar-refractivity contribution is -0.137. The Hall–Kier alpha value is -4.68. The number of alkyl halides is 3. The predicted octanol–water partition coefficient (Wildman–Crippen LogP) is 4.16. The number of amides is 3. The van der Waals surface area contributed by atoms with Crippen molar-refractivity contribution in [2.75, 3.05) is 34.8 Å². The van der Waals surface area contributed by atoms with Crippen LogP contribution in [0.4, 0.5) is 30.4 Å². The van der Waals surface area contributed by atoms with E-state index in [1.165, 1.54) is 17.9 Å². The highest BCUT2D eigenvalue weighted by atomic mass is 19.4. The molecule has 13 heteroatoms. The van der Waals surface area contributed by atoms with Crippen LogP contribution in [-0.2, 0) is 40.2 Å². The molecule has 6 rings (SSSR count). The third-order valence-corrected chi connectivity index (χ3v) is 9.03. The molecule has 3 aromatic rings. The maximum Gasteiger partial charge on any atom is 0.416 e. The van der Waals surface area contributed by atoms with Crippen LogP contribution in [-0.4, -0.2) is 63.3 Å². The number of likely N-dealkylation sites (N-methyl/N-ethyl adjacent to an activating group) is 1. The molecule has 236 valence electrons. The van der Waals surface area contributed by atoms with Crippen LogP contribution in [0.2, 0.25) is 0 Å². The molecule has 3 aliphatic heterocycles. The lowest BCUT2D eigenvalue weighted by atomic mass is 9.94. The van der Waals surface area contributed by atoms with Gasteiger partial charge in [-0.05, 0) is 50.6 Å². The largest absolute Gasteiger partial charge is 0.416 e. The highest BCUT2D eigenvalue weighted by Gasteiger charge is 2.49. The fraction of sp³-hybridized carbons (Fsp3) is 0.406. The van der Waals surface area contributed by atoms with Gasteiger partial charge < -0.3 is 19.3 Å². The number of aryl methyl sites for hydroxylation is 2. The molecule has 0 bridgehead atoms. The van der Waals surface area contributed by atoms with Gasteiger partial charge in [-0.2, -0.15) is 13.2 Å². The average molecular weight is 622 g/mol. The molecular formula is C32H34F3N7O3. The van der Waals surface area contributed by atoms with Gasteiger partial charge >= 0.3 is 6.18 Å². The summed E-state index contributed by atoms with van der Waals surface area (Å²) in [5.74, 6) is -0.962. The Balaban J connectivity index is 1.41. The fourth-order valence-electron chi connectivity index (χ4n) is 6.83. The Morgan fingerprint density at radius 1 is 1.11 bits per heavy atom. The predicted molar refractivity (Wildman–Crippen MR) is 162 cm³/mol. The van der Waals surface area contributed by atoms with Gasteiger partial charge in [-0.15, -0.1) is 0 Å². The smallest absolute Gasteiger partial charge is 0.363 e. The van der Waals surface area contributed by atoms with Crippen molar-refractivity contribution in [2.45, 2.75) is 59.0 Å². The van der Waals surface area contributed by atoms with Crippen LogP contribution < -0.4 is 14.7 Å². The van der Waals surface area contributed by atoms with Gasteiger partial charge in [-0.3, -0.25) is 19.3 Å². The summed E-state index contributed by atoms with van der Waals surface area (Å²) in [6.45, 7) is 11.1. The van der Waals surface area contributed by atoms with Crippen LogP contribution in [0.15, 0.2) is 43.0 Å². The van der Waals surface area contributed by atoms with Crippen molar-refractivity contribution in [3.63, 3.8) is 0 Å². The van der Waals surface area contributed by atoms with Crippen LogP contribution in [0.3, 0.4) is 0 Å². The van der Waals surface area contributed by atoms with E-state index >= 15 is 0 Å². The lowest BCUT2D eigenvalue weighted by Crippen LogP contribution is -2.52. The number of aromatic nitrogens is 3. The summed E-state index contributed by atoms with van der Waals surface area (Å²) >= 11 is 0. The number of halogens is 3. The number of anilines is 3. The maximum absolute atomic E-state index is 14.1. The van der Waals surface area contributed by atoms with Gasteiger partial charge in [0.05, 0.1) is 35.7 Å². The second-order valence-corrected chi connectivity index (χ2v) is 11.9. The first-order chi connectivity index (χ1) is 21.3. The molecule has 0 unspecified atom stereocenters. The number of carbonyl (C=O) groups excluding carboxylic acids is 3. The zero-order chi connectivity index (χ0) is 32.4. The number of hydrogen-bond acceptors (Lipinski definition) is 6. The van der Waals surface area contributed by atoms with Crippen molar-refractivity contribution < 1.29 is 27.6 Å². The van der Waals surface area contributed by atoms with Crippen molar-refractivity contribution in [3.05, 3.63) is 77.0 Å². The van der Waals surface area contributed by atoms with Crippen molar-refractivity contribution >= 4 is 34.9 Å². The normalized spacial score (nSPS) is 20.1. The average Bonchev–Trinajstić information content (AvgIpc) is 3.48. The van der Waals surface area contributed by atoms with E-state index < -0.39 is 35.5 Å². The van der Waals surface area contributed by atoms with Gasteiger partial charge in [-0.25, -0.2) is 9.97 Å². The minimum atomic E-state index is -4.64. The summed E-state index contributed by atoms with van der Waals surface area (Å²) < 4.78 is 43.3. The molecule has 10 nitrogen and oxygen atoms in total. The topological polar surface area (TPSA) is 94.9 Å². The van der Waals surface area contributed by atoms with Crippen molar-refractivity contribution in [1.82, 2.24) is 19.4 Å². The Bertz CT molecular complexity index is 1730. The standard InChI is InChI=1S/C32H34F3N7O3/c1-6-27(43)39-10-11-41-20(4)23(37-26(41)17-39)16-40-15-21-13-28(44)42(25-14-22(32(33,34)35)12-19(3)36-25)30(21)31(45)38(5)24-9-7-8-18(2)29(24)40/h6-9,12,14,21,30H,1,10-11,13,15-17H2,2-5H3/t21-,30+/m1/s1. The number of para-hydroxylation sites is 1. The van der Waals surface area contributed by atoms with Crippen molar-refractivity contribution in [1.29, 1.82) is 0 Å². The van der Waals surface area contributed by atoms with Gasteiger partial charge in [0.1, 0.15) is 17.7 Å². The molecule has 3 aliphatic rings. The van der Waals surface area contributed by atoms with E-state index in [0.717, 1.165) is 45.5 Å². The van der Waals surface area contributed by atoms with Gasteiger partial charge in [-0.1, -0.05) is 18.7 Å². The minimum Gasteiger partial charge on any atom is -0.363 e. The second-order valence-electron chi connectivity index (χ2n) is 11.9. The summed E-state index contributed by atoms with van der Waals surface area (Å²) in [7, 11) is 1.62. The van der Waals surface area contributed by atoms with Gasteiger partial charge in [0.15, 0.2) is 0 Å². The molecule has 2 aromatic heterocycles. The molecule has 1 saturated heterocycles. The summed E-state index contributed by atoms with van der Waals surface area (Å²) in [4.78, 5) is 55.6. The number of imidazole rings is 1. The van der Waals surface area contributed by atoms with E-state index in [0.29, 0.717) is 31.9 Å². The molecule has 45 heavy (non-hydrogen) atoms. The monoisotopic (exact) mass is 621 g/mol. The Morgan fingerprint density at radius 3 is 2.58 bits per heavy atom. The summed E-state index contributed by atoms with van der Waals surface area (Å²) in [5, 5.41) is 0. The number of carbonyl (C=O) groups is 3. The van der Waals surface area contributed by atoms with Crippen LogP contribution in [0.1, 0.15) is 40.5 Å². The van der Waals surface area contributed by atoms with Gasteiger partial charge in [0.2, 0.25) is 17.7 Å². The third kappa shape index (κ3) is 5.23. The SMILES string of the molecule is C=CC(=O)N1CCn2c(nc(CN3C[C@H]4CC(=O)N(c5cc(C(F)(F)F)cc(C)n5)[C@@H]4C(=O)N(C)c4cccc(C)c43)c2C)C1. The number of nitrogens with zero attached hydrogens (tertiary/aromatic N) is 7. The Kier molecular flexibility index (Phi) is 7.45. The highest BCUT2D eigenvalue weighted by molar-refractivity contribution is 6.10. The molecular weight excluding hydrogens is 587 g/mol. The second kappa shape index (κ2) is 11.0. The van der Waals surface area contributed by atoms with E-state index in [2.05, 4.69) is 21.0 Å². The molecule has 2 atom stereocenters. The molecule has 0 N–H and O–H groups in total. The summed E-state index contributed by atoms with van der Waals surface area (Å²) in [6, 6.07) is 6.34. The zero-order valence-corrected chi connectivity index (χ0v) is 25.6. The quantitative estimate of drug-likeness (QED) is 0.407. The molecule has 0 radical (unpaired) electrons. The number of benzene rings is 1. The number of pyridine rings is 1. The first-order valence-electron chi connectivity index (χ1n) is 14.7. The van der Waals surface area contributed by atoms with E-state index in [9.17, 15) is 27.6 Å². The minimum absolute atomic E-state index is 0.0315. The van der Waals surface area contributed by atoms with Crippen molar-refractivity contribution in [2.24, 2.45) is 5.92 Å². The van der Waals surface area contributed by atoms with E-state index in [1.807, 2.05) is 32.0 Å². The third-order valence-electron chi connectivity index (χ3n) is 9.03. The van der Waals surface area contributed by atoms with Crippen LogP contribution >= 0.6 is 0 Å². The van der Waals surface area contributed by atoms with Crippen LogP contribution in [0.5, 0.6) is 0 Å².